The molecular formula is C24H19ClN4O6S. The van der Waals surface area contributed by atoms with Gasteiger partial charge in [-0.05, 0) is 42.5 Å². The lowest BCUT2D eigenvalue weighted by Gasteiger charge is -2.10. The molecule has 0 aliphatic carbocycles. The summed E-state index contributed by atoms with van der Waals surface area (Å²) in [5.41, 5.74) is 6.68. The van der Waals surface area contributed by atoms with Gasteiger partial charge in [-0.3, -0.25) is 30.6 Å². The van der Waals surface area contributed by atoms with Crippen molar-refractivity contribution in [3.63, 3.8) is 0 Å². The number of hydrogen-bond donors (Lipinski definition) is 3. The highest BCUT2D eigenvalue weighted by Gasteiger charge is 2.19. The fourth-order valence-electron chi connectivity index (χ4n) is 3.30. The standard InChI is InChI=1S/C24H19ClN4O6S/c1-34-18-11-17-20(12-19(18)35-2)36-22(21(17)25)24(31)28-27-15-7-5-14(6-8-15)26-23(30)13-3-9-16(10-4-13)29(32)33/h3-12,27H,1-2H3,(H,26,30)(H,28,31). The molecule has 10 nitrogen and oxygen atoms in total. The summed E-state index contributed by atoms with van der Waals surface area (Å²) < 4.78 is 11.4. The zero-order chi connectivity index (χ0) is 25.8. The molecule has 0 saturated carbocycles. The number of carbonyl (C=O) groups excluding carboxylic acids is 2. The first-order valence-corrected chi connectivity index (χ1v) is 11.6. The average molecular weight is 527 g/mol. The third-order valence-electron chi connectivity index (χ3n) is 5.14. The molecule has 0 aliphatic heterocycles. The van der Waals surface area contributed by atoms with Crippen LogP contribution in [0.3, 0.4) is 0 Å². The van der Waals surface area contributed by atoms with Crippen LogP contribution in [-0.4, -0.2) is 31.0 Å². The molecule has 184 valence electrons. The van der Waals surface area contributed by atoms with E-state index in [9.17, 15) is 19.7 Å². The van der Waals surface area contributed by atoms with Crippen molar-refractivity contribution in [2.45, 2.75) is 0 Å². The summed E-state index contributed by atoms with van der Waals surface area (Å²) in [7, 11) is 3.05. The lowest BCUT2D eigenvalue weighted by atomic mass is 10.2. The Bertz CT molecular complexity index is 1450. The number of thiophene rings is 1. The highest BCUT2D eigenvalue weighted by atomic mass is 35.5. The Morgan fingerprint density at radius 3 is 2.14 bits per heavy atom. The summed E-state index contributed by atoms with van der Waals surface area (Å²) in [6, 6.07) is 15.4. The molecule has 1 aromatic heterocycles. The number of fused-ring (bicyclic) bond motifs is 1. The Morgan fingerprint density at radius 2 is 1.53 bits per heavy atom. The summed E-state index contributed by atoms with van der Waals surface area (Å²) in [6.07, 6.45) is 0. The number of nitrogens with one attached hydrogen (secondary N) is 3. The summed E-state index contributed by atoms with van der Waals surface area (Å²) in [6.45, 7) is 0. The molecule has 1 heterocycles. The molecule has 0 fully saturated rings. The van der Waals surface area contributed by atoms with Crippen LogP contribution < -0.4 is 25.6 Å². The second-order valence-corrected chi connectivity index (χ2v) is 8.79. The molecule has 12 heteroatoms. The number of hydrazine groups is 1. The number of halogens is 1. The van der Waals surface area contributed by atoms with Gasteiger partial charge in [0.05, 0.1) is 29.9 Å². The third kappa shape index (κ3) is 5.16. The molecule has 0 aliphatic rings. The van der Waals surface area contributed by atoms with E-state index in [0.717, 1.165) is 4.70 Å². The van der Waals surface area contributed by atoms with Crippen molar-refractivity contribution in [1.82, 2.24) is 5.43 Å². The number of ether oxygens (including phenoxy) is 2. The van der Waals surface area contributed by atoms with Crippen molar-refractivity contribution >= 4 is 61.9 Å². The third-order valence-corrected chi connectivity index (χ3v) is 6.80. The average Bonchev–Trinajstić information content (AvgIpc) is 3.22. The second kappa shape index (κ2) is 10.5. The summed E-state index contributed by atoms with van der Waals surface area (Å²) in [4.78, 5) is 35.6. The molecule has 36 heavy (non-hydrogen) atoms. The number of nitrogens with zero attached hydrogens (tertiary/aromatic N) is 1. The van der Waals surface area contributed by atoms with Crippen molar-refractivity contribution in [2.75, 3.05) is 25.0 Å². The summed E-state index contributed by atoms with van der Waals surface area (Å²) >= 11 is 7.68. The van der Waals surface area contributed by atoms with Gasteiger partial charge >= 0.3 is 0 Å². The maximum absolute atomic E-state index is 12.7. The van der Waals surface area contributed by atoms with Crippen LogP contribution in [0.2, 0.25) is 5.02 Å². The van der Waals surface area contributed by atoms with E-state index in [-0.39, 0.29) is 11.3 Å². The number of rotatable bonds is 8. The second-order valence-electron chi connectivity index (χ2n) is 7.36. The van der Waals surface area contributed by atoms with Gasteiger partial charge in [-0.15, -0.1) is 11.3 Å². The first kappa shape index (κ1) is 24.8. The maximum atomic E-state index is 12.7. The lowest BCUT2D eigenvalue weighted by Crippen LogP contribution is -2.28. The van der Waals surface area contributed by atoms with Crippen LogP contribution in [0.4, 0.5) is 17.1 Å². The van der Waals surface area contributed by atoms with Gasteiger partial charge in [-0.25, -0.2) is 0 Å². The first-order chi connectivity index (χ1) is 17.3. The van der Waals surface area contributed by atoms with Crippen molar-refractivity contribution in [3.8, 4) is 11.5 Å². The fourth-order valence-corrected chi connectivity index (χ4v) is 4.71. The quantitative estimate of drug-likeness (QED) is 0.204. The molecule has 0 unspecified atom stereocenters. The van der Waals surface area contributed by atoms with Crippen LogP contribution in [-0.2, 0) is 0 Å². The van der Waals surface area contributed by atoms with E-state index >= 15 is 0 Å². The van der Waals surface area contributed by atoms with Gasteiger partial charge < -0.3 is 14.8 Å². The molecule has 2 amide bonds. The molecule has 3 aromatic carbocycles. The van der Waals surface area contributed by atoms with Gasteiger partial charge in [0.15, 0.2) is 11.5 Å². The number of benzene rings is 3. The molecule has 0 radical (unpaired) electrons. The normalized spacial score (nSPS) is 10.5. The number of methoxy groups -OCH3 is 2. The van der Waals surface area contributed by atoms with E-state index in [1.54, 1.807) is 36.4 Å². The summed E-state index contributed by atoms with van der Waals surface area (Å²) in [5, 5.41) is 14.4. The number of anilines is 2. The van der Waals surface area contributed by atoms with E-state index in [0.29, 0.717) is 38.2 Å². The van der Waals surface area contributed by atoms with Crippen molar-refractivity contribution in [2.24, 2.45) is 0 Å². The van der Waals surface area contributed by atoms with E-state index in [1.807, 2.05) is 0 Å². The molecule has 4 rings (SSSR count). The predicted molar refractivity (Wildman–Crippen MR) is 139 cm³/mol. The maximum Gasteiger partial charge on any atom is 0.281 e. The number of nitro groups is 1. The Balaban J connectivity index is 1.39. The Labute approximate surface area is 213 Å². The highest BCUT2D eigenvalue weighted by molar-refractivity contribution is 7.21. The molecule has 3 N–H and O–H groups in total. The first-order valence-electron chi connectivity index (χ1n) is 10.4. The van der Waals surface area contributed by atoms with Crippen molar-refractivity contribution < 1.29 is 24.0 Å². The van der Waals surface area contributed by atoms with Crippen LogP contribution in [0.15, 0.2) is 60.7 Å². The zero-order valence-corrected chi connectivity index (χ0v) is 20.5. The van der Waals surface area contributed by atoms with E-state index in [2.05, 4.69) is 16.2 Å². The monoisotopic (exact) mass is 526 g/mol. The van der Waals surface area contributed by atoms with Crippen LogP contribution in [0.5, 0.6) is 11.5 Å². The Kier molecular flexibility index (Phi) is 7.23. The molecule has 4 aromatic rings. The molecular weight excluding hydrogens is 508 g/mol. The molecule has 0 spiro atoms. The van der Waals surface area contributed by atoms with Crippen LogP contribution in [0.1, 0.15) is 20.0 Å². The molecule has 0 atom stereocenters. The minimum absolute atomic E-state index is 0.0968. The van der Waals surface area contributed by atoms with Crippen LogP contribution in [0.25, 0.3) is 10.1 Å². The minimum atomic E-state index is -0.533. The fraction of sp³-hybridized carbons (Fsp3) is 0.0833. The number of nitro benzene ring substituents is 1. The van der Waals surface area contributed by atoms with Gasteiger partial charge in [0.2, 0.25) is 0 Å². The SMILES string of the molecule is COc1cc2sc(C(=O)NNc3ccc(NC(=O)c4ccc([N+](=O)[O-])cc4)cc3)c(Cl)c2cc1OC. The van der Waals surface area contributed by atoms with E-state index in [4.69, 9.17) is 21.1 Å². The van der Waals surface area contributed by atoms with E-state index in [1.165, 1.54) is 49.8 Å². The van der Waals surface area contributed by atoms with Gasteiger partial charge in [0, 0.05) is 39.5 Å². The van der Waals surface area contributed by atoms with Gasteiger partial charge in [-0.1, -0.05) is 11.6 Å². The number of carbonyl (C=O) groups is 2. The smallest absolute Gasteiger partial charge is 0.281 e. The Morgan fingerprint density at radius 1 is 0.917 bits per heavy atom. The van der Waals surface area contributed by atoms with Gasteiger partial charge in [0.1, 0.15) is 4.88 Å². The predicted octanol–water partition coefficient (Wildman–Crippen LogP) is 5.49. The summed E-state index contributed by atoms with van der Waals surface area (Å²) in [5.74, 6) is 0.213. The number of non-ortho nitro benzene ring substituents is 1. The number of amides is 2. The van der Waals surface area contributed by atoms with Gasteiger partial charge in [-0.2, -0.15) is 0 Å². The molecule has 0 bridgehead atoms. The van der Waals surface area contributed by atoms with Crippen molar-refractivity contribution in [1.29, 1.82) is 0 Å². The lowest BCUT2D eigenvalue weighted by molar-refractivity contribution is -0.384. The minimum Gasteiger partial charge on any atom is -0.493 e. The Hall–Kier alpha value is -4.35. The van der Waals surface area contributed by atoms with Crippen LogP contribution >= 0.6 is 22.9 Å². The van der Waals surface area contributed by atoms with E-state index < -0.39 is 16.7 Å². The van der Waals surface area contributed by atoms with Gasteiger partial charge in [0.25, 0.3) is 17.5 Å². The van der Waals surface area contributed by atoms with Crippen LogP contribution in [0, 0.1) is 10.1 Å². The zero-order valence-electron chi connectivity index (χ0n) is 19.0. The largest absolute Gasteiger partial charge is 0.493 e. The number of hydrogen-bond acceptors (Lipinski definition) is 8. The van der Waals surface area contributed by atoms with Crippen molar-refractivity contribution in [3.05, 3.63) is 86.2 Å². The molecule has 0 saturated heterocycles. The topological polar surface area (TPSA) is 132 Å². The highest BCUT2D eigenvalue weighted by Crippen LogP contribution is 2.41.